The van der Waals surface area contributed by atoms with Crippen LogP contribution < -0.4 is 5.32 Å². The van der Waals surface area contributed by atoms with Crippen LogP contribution in [0.4, 0.5) is 5.13 Å². The third-order valence-electron chi connectivity index (χ3n) is 3.04. The average Bonchev–Trinajstić information content (AvgIpc) is 2.85. The van der Waals surface area contributed by atoms with Gasteiger partial charge < -0.3 is 5.32 Å². The number of nitrogens with zero attached hydrogens (tertiary/aromatic N) is 2. The minimum absolute atomic E-state index is 0.444. The van der Waals surface area contributed by atoms with Gasteiger partial charge in [0.2, 0.25) is 5.13 Å². The number of aromatic nitrogens is 2. The molecule has 2 rings (SSSR count). The van der Waals surface area contributed by atoms with Crippen LogP contribution in [0.2, 0.25) is 0 Å². The van der Waals surface area contributed by atoms with Gasteiger partial charge in [-0.05, 0) is 26.0 Å². The molecule has 0 spiro atoms. The van der Waals surface area contributed by atoms with Crippen molar-refractivity contribution in [3.63, 3.8) is 0 Å². The Labute approximate surface area is 99.2 Å². The zero-order valence-corrected chi connectivity index (χ0v) is 10.9. The summed E-state index contributed by atoms with van der Waals surface area (Å²) in [6, 6.07) is 0. The molecule has 0 atom stereocenters. The number of aryl methyl sites for hydroxylation is 1. The Bertz CT molecular complexity index is 318. The normalized spacial score (nSPS) is 19.3. The molecule has 1 fully saturated rings. The summed E-state index contributed by atoms with van der Waals surface area (Å²) in [5.41, 5.74) is 0. The van der Waals surface area contributed by atoms with E-state index in [9.17, 15) is 0 Å². The summed E-state index contributed by atoms with van der Waals surface area (Å²) in [7, 11) is 0. The van der Waals surface area contributed by atoms with Crippen LogP contribution in [0, 0.1) is 6.92 Å². The molecule has 1 aliphatic carbocycles. The molecular weight excluding hydrogens is 226 g/mol. The van der Waals surface area contributed by atoms with Gasteiger partial charge in [-0.3, -0.25) is 0 Å². The molecule has 0 aliphatic heterocycles. The van der Waals surface area contributed by atoms with Crippen molar-refractivity contribution in [3.05, 3.63) is 5.82 Å². The van der Waals surface area contributed by atoms with Crippen molar-refractivity contribution < 1.29 is 0 Å². The lowest BCUT2D eigenvalue weighted by Gasteiger charge is -2.26. The van der Waals surface area contributed by atoms with Crippen molar-refractivity contribution in [1.29, 1.82) is 0 Å². The monoisotopic (exact) mass is 243 g/mol. The number of hydrogen-bond acceptors (Lipinski definition) is 5. The number of nitrogens with one attached hydrogen (secondary N) is 1. The molecule has 15 heavy (non-hydrogen) atoms. The van der Waals surface area contributed by atoms with Crippen molar-refractivity contribution in [2.24, 2.45) is 0 Å². The fraction of sp³-hybridized carbons (Fsp3) is 0.800. The highest BCUT2D eigenvalue weighted by molar-refractivity contribution is 8.00. The molecule has 0 unspecified atom stereocenters. The second-order valence-corrected chi connectivity index (χ2v) is 6.12. The van der Waals surface area contributed by atoms with Crippen molar-refractivity contribution in [2.75, 3.05) is 18.1 Å². The fourth-order valence-corrected chi connectivity index (χ4v) is 3.56. The second-order valence-electron chi connectivity index (χ2n) is 4.09. The van der Waals surface area contributed by atoms with E-state index < -0.39 is 0 Å². The lowest BCUT2D eigenvalue weighted by atomic mass is 10.1. The molecule has 0 saturated heterocycles. The molecule has 1 aliphatic rings. The first kappa shape index (κ1) is 11.2. The Morgan fingerprint density at radius 1 is 1.47 bits per heavy atom. The summed E-state index contributed by atoms with van der Waals surface area (Å²) in [4.78, 5) is 4.32. The van der Waals surface area contributed by atoms with Gasteiger partial charge in [-0.15, -0.1) is 0 Å². The quantitative estimate of drug-likeness (QED) is 0.882. The lowest BCUT2D eigenvalue weighted by molar-refractivity contribution is 0.639. The molecular formula is C10H17N3S2. The molecule has 1 heterocycles. The Hall–Kier alpha value is -0.290. The smallest absolute Gasteiger partial charge is 0.202 e. The topological polar surface area (TPSA) is 37.8 Å². The van der Waals surface area contributed by atoms with E-state index in [1.807, 2.05) is 18.7 Å². The van der Waals surface area contributed by atoms with Crippen molar-refractivity contribution in [2.45, 2.75) is 37.4 Å². The first-order valence-corrected chi connectivity index (χ1v) is 7.33. The first-order valence-electron chi connectivity index (χ1n) is 5.33. The summed E-state index contributed by atoms with van der Waals surface area (Å²) >= 11 is 3.46. The minimum Gasteiger partial charge on any atom is -0.359 e. The molecule has 0 radical (unpaired) electrons. The summed E-state index contributed by atoms with van der Waals surface area (Å²) in [6.45, 7) is 2.96. The van der Waals surface area contributed by atoms with E-state index in [-0.39, 0.29) is 0 Å². The molecule has 1 aromatic heterocycles. The van der Waals surface area contributed by atoms with Gasteiger partial charge in [0.05, 0.1) is 0 Å². The SMILES string of the molecule is CSC1(CNc2nc(C)ns2)CCCC1. The minimum atomic E-state index is 0.444. The van der Waals surface area contributed by atoms with Crippen LogP contribution in [0.5, 0.6) is 0 Å². The predicted octanol–water partition coefficient (Wildman–Crippen LogP) is 2.93. The highest BCUT2D eigenvalue weighted by Crippen LogP contribution is 2.40. The first-order chi connectivity index (χ1) is 7.24. The molecule has 3 nitrogen and oxygen atoms in total. The van der Waals surface area contributed by atoms with Crippen LogP contribution in [0.1, 0.15) is 31.5 Å². The zero-order chi connectivity index (χ0) is 10.7. The standard InChI is InChI=1S/C10H17N3S2/c1-8-12-9(15-13-8)11-7-10(14-2)5-3-4-6-10/h3-7H2,1-2H3,(H,11,12,13). The van der Waals surface area contributed by atoms with Crippen LogP contribution >= 0.6 is 23.3 Å². The highest BCUT2D eigenvalue weighted by Gasteiger charge is 2.32. The van der Waals surface area contributed by atoms with E-state index in [1.165, 1.54) is 37.2 Å². The maximum atomic E-state index is 4.32. The second kappa shape index (κ2) is 4.70. The summed E-state index contributed by atoms with van der Waals surface area (Å²) in [5.74, 6) is 0.868. The van der Waals surface area contributed by atoms with E-state index in [1.54, 1.807) is 0 Å². The van der Waals surface area contributed by atoms with E-state index in [0.29, 0.717) is 4.75 Å². The Balaban J connectivity index is 1.91. The van der Waals surface area contributed by atoms with Crippen LogP contribution in [-0.4, -0.2) is 26.9 Å². The van der Waals surface area contributed by atoms with Crippen LogP contribution in [0.15, 0.2) is 0 Å². The van der Waals surface area contributed by atoms with Gasteiger partial charge in [0.25, 0.3) is 0 Å². The summed E-state index contributed by atoms with van der Waals surface area (Å²) in [6.07, 6.45) is 7.63. The van der Waals surface area contributed by atoms with E-state index in [0.717, 1.165) is 17.5 Å². The van der Waals surface area contributed by atoms with Gasteiger partial charge in [-0.2, -0.15) is 16.1 Å². The van der Waals surface area contributed by atoms with Crippen LogP contribution in [-0.2, 0) is 0 Å². The molecule has 1 aromatic rings. The molecule has 0 aromatic carbocycles. The van der Waals surface area contributed by atoms with Crippen molar-refractivity contribution in [3.8, 4) is 0 Å². The predicted molar refractivity (Wildman–Crippen MR) is 67.8 cm³/mol. The van der Waals surface area contributed by atoms with Gasteiger partial charge in [0.15, 0.2) is 0 Å². The van der Waals surface area contributed by atoms with Crippen LogP contribution in [0.3, 0.4) is 0 Å². The van der Waals surface area contributed by atoms with Gasteiger partial charge in [0.1, 0.15) is 5.82 Å². The van der Waals surface area contributed by atoms with E-state index >= 15 is 0 Å². The Kier molecular flexibility index (Phi) is 3.51. The number of hydrogen-bond donors (Lipinski definition) is 1. The third kappa shape index (κ3) is 2.64. The molecule has 84 valence electrons. The Morgan fingerprint density at radius 2 is 2.20 bits per heavy atom. The van der Waals surface area contributed by atoms with Gasteiger partial charge >= 0.3 is 0 Å². The largest absolute Gasteiger partial charge is 0.359 e. The molecule has 0 bridgehead atoms. The van der Waals surface area contributed by atoms with Gasteiger partial charge in [-0.25, -0.2) is 4.98 Å². The van der Waals surface area contributed by atoms with Crippen molar-refractivity contribution >= 4 is 28.4 Å². The summed E-state index contributed by atoms with van der Waals surface area (Å²) in [5, 5.41) is 4.39. The highest BCUT2D eigenvalue weighted by atomic mass is 32.2. The molecule has 1 N–H and O–H groups in total. The molecule has 0 amide bonds. The molecule has 1 saturated carbocycles. The maximum absolute atomic E-state index is 4.32. The van der Waals surface area contributed by atoms with E-state index in [4.69, 9.17) is 0 Å². The maximum Gasteiger partial charge on any atom is 0.202 e. The lowest BCUT2D eigenvalue weighted by Crippen LogP contribution is -2.29. The number of rotatable bonds is 4. The van der Waals surface area contributed by atoms with Crippen molar-refractivity contribution in [1.82, 2.24) is 9.36 Å². The molecule has 5 heteroatoms. The van der Waals surface area contributed by atoms with Crippen LogP contribution in [0.25, 0.3) is 0 Å². The van der Waals surface area contributed by atoms with Gasteiger partial charge in [-0.1, -0.05) is 12.8 Å². The zero-order valence-electron chi connectivity index (χ0n) is 9.25. The number of thioether (sulfide) groups is 1. The Morgan fingerprint density at radius 3 is 2.73 bits per heavy atom. The third-order valence-corrected chi connectivity index (χ3v) is 5.22. The van der Waals surface area contributed by atoms with E-state index in [2.05, 4.69) is 20.9 Å². The summed E-state index contributed by atoms with van der Waals surface area (Å²) < 4.78 is 4.62. The fourth-order valence-electron chi connectivity index (χ4n) is 2.08. The average molecular weight is 243 g/mol. The number of anilines is 1. The van der Waals surface area contributed by atoms with Gasteiger partial charge in [0, 0.05) is 22.8 Å².